The Morgan fingerprint density at radius 1 is 1.34 bits per heavy atom. The van der Waals surface area contributed by atoms with Crippen molar-refractivity contribution >= 4 is 23.5 Å². The van der Waals surface area contributed by atoms with Crippen molar-refractivity contribution in [3.63, 3.8) is 0 Å². The maximum absolute atomic E-state index is 11.3. The third-order valence-electron chi connectivity index (χ3n) is 4.02. The van der Waals surface area contributed by atoms with Gasteiger partial charge >= 0.3 is 0 Å². The summed E-state index contributed by atoms with van der Waals surface area (Å²) >= 11 is 0. The Hall–Kier alpha value is -3.18. The topological polar surface area (TPSA) is 123 Å². The van der Waals surface area contributed by atoms with Gasteiger partial charge < -0.3 is 0 Å². The summed E-state index contributed by atoms with van der Waals surface area (Å²) < 4.78 is 0. The van der Waals surface area contributed by atoms with E-state index in [0.717, 1.165) is 5.71 Å². The Bertz CT molecular complexity index is 821. The molecule has 154 valence electrons. The number of hydrogen-bond donors (Lipinski definition) is 2. The lowest BCUT2D eigenvalue weighted by Gasteiger charge is -2.18. The van der Waals surface area contributed by atoms with Gasteiger partial charge in [-0.25, -0.2) is 10.5 Å². The molecule has 8 heteroatoms. The van der Waals surface area contributed by atoms with Crippen molar-refractivity contribution in [2.75, 3.05) is 7.05 Å². The van der Waals surface area contributed by atoms with Crippen molar-refractivity contribution in [3.8, 4) is 6.07 Å². The second-order valence-corrected chi connectivity index (χ2v) is 6.61. The highest BCUT2D eigenvalue weighted by Crippen LogP contribution is 2.21. The zero-order chi connectivity index (χ0) is 21.6. The van der Waals surface area contributed by atoms with Gasteiger partial charge in [0.1, 0.15) is 12.1 Å². The lowest BCUT2D eigenvalue weighted by atomic mass is 9.98. The van der Waals surface area contributed by atoms with Crippen LogP contribution in [-0.2, 0) is 4.79 Å². The molecule has 1 aromatic rings. The number of amides is 1. The van der Waals surface area contributed by atoms with Gasteiger partial charge in [0, 0.05) is 19.7 Å². The van der Waals surface area contributed by atoms with Gasteiger partial charge in [0.2, 0.25) is 5.91 Å². The van der Waals surface area contributed by atoms with Crippen LogP contribution in [0.2, 0.25) is 0 Å². The molecule has 2 N–H and O–H groups in total. The van der Waals surface area contributed by atoms with Crippen LogP contribution in [-0.4, -0.2) is 42.2 Å². The first kappa shape index (κ1) is 23.9. The lowest BCUT2D eigenvalue weighted by Crippen LogP contribution is -2.25. The van der Waals surface area contributed by atoms with E-state index in [2.05, 4.69) is 21.3 Å². The van der Waals surface area contributed by atoms with Gasteiger partial charge in [0.25, 0.3) is 0 Å². The molecule has 1 aromatic carbocycles. The molecule has 2 atom stereocenters. The zero-order valence-electron chi connectivity index (χ0n) is 17.3. The van der Waals surface area contributed by atoms with Crippen molar-refractivity contribution in [1.82, 2.24) is 5.48 Å². The average molecular weight is 396 g/mol. The van der Waals surface area contributed by atoms with Crippen LogP contribution in [0.4, 0.5) is 5.69 Å². The first-order chi connectivity index (χ1) is 14.0. The van der Waals surface area contributed by atoms with Gasteiger partial charge in [-0.05, 0) is 37.5 Å². The minimum atomic E-state index is -0.487. The number of hydrogen-bond acceptors (Lipinski definition) is 7. The zero-order valence-corrected chi connectivity index (χ0v) is 17.3. The van der Waals surface area contributed by atoms with Gasteiger partial charge in [-0.3, -0.25) is 15.0 Å². The third-order valence-corrected chi connectivity index (χ3v) is 4.02. The molecule has 0 aliphatic heterocycles. The van der Waals surface area contributed by atoms with E-state index in [9.17, 15) is 10.1 Å². The Kier molecular flexibility index (Phi) is 10.8. The molecule has 0 aliphatic rings. The van der Waals surface area contributed by atoms with Crippen LogP contribution in [0, 0.1) is 17.2 Å². The number of para-hydroxylation sites is 1. The molecule has 8 nitrogen and oxygen atoms in total. The molecular weight excluding hydrogens is 368 g/mol. The van der Waals surface area contributed by atoms with Crippen molar-refractivity contribution in [1.29, 1.82) is 5.26 Å². The van der Waals surface area contributed by atoms with Gasteiger partial charge in [-0.2, -0.15) is 15.5 Å². The van der Waals surface area contributed by atoms with Crippen LogP contribution in [0.3, 0.4) is 0 Å². The monoisotopic (exact) mass is 396 g/mol. The summed E-state index contributed by atoms with van der Waals surface area (Å²) in [6.45, 7) is 5.97. The van der Waals surface area contributed by atoms with E-state index in [-0.39, 0.29) is 18.4 Å². The number of nitrogens with zero attached hydrogens (tertiary/aromatic N) is 5. The van der Waals surface area contributed by atoms with Crippen molar-refractivity contribution in [2.45, 2.75) is 45.7 Å². The minimum Gasteiger partial charge on any atom is -0.289 e. The van der Waals surface area contributed by atoms with Crippen LogP contribution in [0.1, 0.15) is 39.2 Å². The molecule has 0 bridgehead atoms. The standard InChI is InChI=1S/C21H28N6O2/c1-5-8-19(25-18-10-7-6-9-16(18)13-22)21(15(2)3)24-14-17(26-23-4)11-12-20(28)27-29/h5-10,14-15,17,21,29H,11-12H2,1-4H3,(H,27,28)/b8-5-,24-14?,25-19?,26-23?. The molecule has 1 rings (SSSR count). The quantitative estimate of drug-likeness (QED) is 0.268. The second kappa shape index (κ2) is 13.1. The predicted molar refractivity (Wildman–Crippen MR) is 114 cm³/mol. The summed E-state index contributed by atoms with van der Waals surface area (Å²) in [6.07, 6.45) is 5.89. The van der Waals surface area contributed by atoms with Gasteiger partial charge in [0.05, 0.1) is 23.0 Å². The van der Waals surface area contributed by atoms with Crippen LogP contribution < -0.4 is 5.48 Å². The number of nitriles is 1. The first-order valence-electron chi connectivity index (χ1n) is 9.42. The molecule has 0 saturated carbocycles. The second-order valence-electron chi connectivity index (χ2n) is 6.61. The molecular formula is C21H28N6O2. The highest BCUT2D eigenvalue weighted by molar-refractivity contribution is 6.02. The van der Waals surface area contributed by atoms with E-state index in [1.54, 1.807) is 36.9 Å². The number of hydroxylamine groups is 1. The Balaban J connectivity index is 3.21. The van der Waals surface area contributed by atoms with E-state index < -0.39 is 11.9 Å². The smallest absolute Gasteiger partial charge is 0.243 e. The third kappa shape index (κ3) is 8.15. The molecule has 0 fully saturated rings. The molecule has 2 unspecified atom stereocenters. The average Bonchev–Trinajstić information content (AvgIpc) is 2.71. The largest absolute Gasteiger partial charge is 0.289 e. The molecule has 0 aliphatic carbocycles. The number of allylic oxidation sites excluding steroid dienone is 1. The molecule has 29 heavy (non-hydrogen) atoms. The maximum Gasteiger partial charge on any atom is 0.243 e. The van der Waals surface area contributed by atoms with E-state index in [1.807, 2.05) is 39.0 Å². The molecule has 0 saturated heterocycles. The highest BCUT2D eigenvalue weighted by Gasteiger charge is 2.18. The van der Waals surface area contributed by atoms with Crippen LogP contribution >= 0.6 is 0 Å². The van der Waals surface area contributed by atoms with Crippen molar-refractivity contribution in [2.24, 2.45) is 26.1 Å². The van der Waals surface area contributed by atoms with E-state index >= 15 is 0 Å². The summed E-state index contributed by atoms with van der Waals surface area (Å²) in [7, 11) is 1.55. The number of aliphatic imine (C=N–C) groups is 2. The molecule has 0 aromatic heterocycles. The molecule has 0 heterocycles. The van der Waals surface area contributed by atoms with Crippen LogP contribution in [0.5, 0.6) is 0 Å². The fourth-order valence-corrected chi connectivity index (χ4v) is 2.60. The minimum absolute atomic E-state index is 0.101. The number of carbonyl (C=O) groups excluding carboxylic acids is 1. The summed E-state index contributed by atoms with van der Waals surface area (Å²) in [6, 6.07) is 8.66. The van der Waals surface area contributed by atoms with E-state index in [0.29, 0.717) is 17.7 Å². The molecule has 0 spiro atoms. The SMILES string of the molecule is C/C=C\C(=Nc1ccccc1C#N)C(N=CC(CCC(=O)NO)N=NC)C(C)C. The summed E-state index contributed by atoms with van der Waals surface area (Å²) in [4.78, 5) is 20.7. The Morgan fingerprint density at radius 2 is 2.07 bits per heavy atom. The van der Waals surface area contributed by atoms with Crippen molar-refractivity contribution in [3.05, 3.63) is 42.0 Å². The Labute approximate surface area is 171 Å². The lowest BCUT2D eigenvalue weighted by molar-refractivity contribution is -0.129. The summed E-state index contributed by atoms with van der Waals surface area (Å²) in [5.41, 5.74) is 3.42. The van der Waals surface area contributed by atoms with Crippen molar-refractivity contribution < 1.29 is 10.0 Å². The molecule has 0 radical (unpaired) electrons. The van der Waals surface area contributed by atoms with Crippen LogP contribution in [0.15, 0.2) is 56.6 Å². The summed E-state index contributed by atoms with van der Waals surface area (Å²) in [5.74, 6) is -0.352. The number of azo groups is 1. The predicted octanol–water partition coefficient (Wildman–Crippen LogP) is 4.04. The molecule has 1 amide bonds. The number of rotatable bonds is 10. The highest BCUT2D eigenvalue weighted by atomic mass is 16.5. The van der Waals surface area contributed by atoms with Crippen LogP contribution in [0.25, 0.3) is 0 Å². The normalized spacial score (nSPS) is 14.6. The van der Waals surface area contributed by atoms with Gasteiger partial charge in [-0.1, -0.05) is 32.1 Å². The fraction of sp³-hybridized carbons (Fsp3) is 0.429. The Morgan fingerprint density at radius 3 is 2.66 bits per heavy atom. The number of benzene rings is 1. The number of carbonyl (C=O) groups is 1. The maximum atomic E-state index is 11.3. The fourth-order valence-electron chi connectivity index (χ4n) is 2.60. The van der Waals surface area contributed by atoms with E-state index in [1.165, 1.54) is 0 Å². The first-order valence-corrected chi connectivity index (χ1v) is 9.42. The number of nitrogens with one attached hydrogen (secondary N) is 1. The van der Waals surface area contributed by atoms with Gasteiger partial charge in [0.15, 0.2) is 0 Å². The summed E-state index contributed by atoms with van der Waals surface area (Å²) in [5, 5.41) is 25.9. The van der Waals surface area contributed by atoms with Gasteiger partial charge in [-0.15, -0.1) is 0 Å². The van der Waals surface area contributed by atoms with E-state index in [4.69, 9.17) is 10.2 Å².